The third kappa shape index (κ3) is 2.46. The second-order valence-electron chi connectivity index (χ2n) is 11.8. The zero-order chi connectivity index (χ0) is 24.7. The molecule has 2 saturated carbocycles. The Morgan fingerprint density at radius 3 is 2.27 bits per heavy atom. The highest BCUT2D eigenvalue weighted by Crippen LogP contribution is 2.75. The van der Waals surface area contributed by atoms with Gasteiger partial charge in [0.25, 0.3) is 0 Å². The number of aliphatic hydroxyl groups excluding tert-OH is 1. The maximum atomic E-state index is 13.8. The van der Waals surface area contributed by atoms with Crippen molar-refractivity contribution in [1.82, 2.24) is 0 Å². The molecule has 3 aliphatic carbocycles. The lowest BCUT2D eigenvalue weighted by molar-refractivity contribution is -0.412. The molecule has 4 bridgehead atoms. The summed E-state index contributed by atoms with van der Waals surface area (Å²) >= 11 is 0. The highest BCUT2D eigenvalue weighted by molar-refractivity contribution is 6.02. The smallest absolute Gasteiger partial charge is 0.199 e. The second kappa shape index (κ2) is 6.02. The van der Waals surface area contributed by atoms with Crippen LogP contribution in [0.15, 0.2) is 23.8 Å². The Balaban J connectivity index is 1.90. The van der Waals surface area contributed by atoms with Crippen molar-refractivity contribution in [3.8, 4) is 0 Å². The largest absolute Gasteiger partial charge is 0.386 e. The summed E-state index contributed by atoms with van der Waals surface area (Å²) in [6.07, 6.45) is 1.19. The minimum atomic E-state index is -2.43. The molecule has 5 N–H and O–H groups in total. The van der Waals surface area contributed by atoms with E-state index < -0.39 is 75.5 Å². The average Bonchev–Trinajstić information content (AvgIpc) is 2.93. The Morgan fingerprint density at radius 1 is 1.09 bits per heavy atom. The predicted octanol–water partition coefficient (Wildman–Crippen LogP) is -0.413. The van der Waals surface area contributed by atoms with Crippen LogP contribution in [0.5, 0.6) is 0 Å². The van der Waals surface area contributed by atoms with E-state index in [1.807, 2.05) is 0 Å². The van der Waals surface area contributed by atoms with Gasteiger partial charge >= 0.3 is 0 Å². The Labute approximate surface area is 191 Å². The zero-order valence-electron chi connectivity index (χ0n) is 19.6. The number of ether oxygens (including phenoxy) is 2. The molecule has 2 aliphatic heterocycles. The Hall–Kier alpha value is -1.46. The van der Waals surface area contributed by atoms with Crippen LogP contribution in [-0.2, 0) is 19.1 Å². The van der Waals surface area contributed by atoms with Crippen LogP contribution in [0.1, 0.15) is 41.5 Å². The van der Waals surface area contributed by atoms with E-state index in [1.54, 1.807) is 20.8 Å². The van der Waals surface area contributed by atoms with Gasteiger partial charge in [-0.1, -0.05) is 12.2 Å². The van der Waals surface area contributed by atoms with E-state index >= 15 is 0 Å². The van der Waals surface area contributed by atoms with Gasteiger partial charge in [-0.3, -0.25) is 9.59 Å². The second-order valence-corrected chi connectivity index (χ2v) is 11.8. The van der Waals surface area contributed by atoms with E-state index in [0.29, 0.717) is 0 Å². The maximum Gasteiger partial charge on any atom is 0.199 e. The van der Waals surface area contributed by atoms with Gasteiger partial charge in [-0.2, -0.15) is 0 Å². The van der Waals surface area contributed by atoms with E-state index in [9.17, 15) is 35.1 Å². The molecule has 5 rings (SSSR count). The molecule has 0 aromatic heterocycles. The number of ketones is 2. The van der Waals surface area contributed by atoms with Gasteiger partial charge in [-0.25, -0.2) is 0 Å². The Morgan fingerprint density at radius 2 is 1.70 bits per heavy atom. The first-order chi connectivity index (χ1) is 14.9. The fraction of sp³-hybridized carbons (Fsp3) is 0.750. The van der Waals surface area contributed by atoms with E-state index in [4.69, 9.17) is 9.47 Å². The molecule has 0 amide bonds. The third-order valence-electron chi connectivity index (χ3n) is 8.61. The Kier molecular flexibility index (Phi) is 4.25. The topological polar surface area (TPSA) is 154 Å². The minimum absolute atomic E-state index is 0.250. The van der Waals surface area contributed by atoms with Gasteiger partial charge in [0, 0.05) is 23.7 Å². The number of hydrogen-bond acceptors (Lipinski definition) is 9. The summed E-state index contributed by atoms with van der Waals surface area (Å²) in [6.45, 7) is 8.86. The summed E-state index contributed by atoms with van der Waals surface area (Å²) in [5.41, 5.74) is -6.58. The monoisotopic (exact) mass is 464 g/mol. The van der Waals surface area contributed by atoms with Crippen LogP contribution in [0, 0.1) is 29.1 Å². The lowest BCUT2D eigenvalue weighted by Gasteiger charge is -2.60. The normalized spacial score (nSPS) is 54.6. The molecule has 2 saturated heterocycles. The third-order valence-corrected chi connectivity index (χ3v) is 8.61. The highest BCUT2D eigenvalue weighted by atomic mass is 16.7. The molecule has 0 spiro atoms. The Bertz CT molecular complexity index is 1020. The summed E-state index contributed by atoms with van der Waals surface area (Å²) < 4.78 is 12.2. The molecule has 0 aromatic rings. The van der Waals surface area contributed by atoms with Gasteiger partial charge in [-0.15, -0.1) is 0 Å². The van der Waals surface area contributed by atoms with Crippen LogP contribution in [0.3, 0.4) is 0 Å². The first-order valence-electron chi connectivity index (χ1n) is 11.3. The summed E-state index contributed by atoms with van der Waals surface area (Å²) in [5, 5.41) is 56.4. The summed E-state index contributed by atoms with van der Waals surface area (Å²) in [6, 6.07) is 0. The molecule has 182 valence electrons. The van der Waals surface area contributed by atoms with E-state index in [-0.39, 0.29) is 11.4 Å². The number of carbonyl (C=O) groups is 2. The average molecular weight is 465 g/mol. The molecule has 2 heterocycles. The van der Waals surface area contributed by atoms with Crippen LogP contribution in [0.2, 0.25) is 0 Å². The number of rotatable bonds is 2. The fourth-order valence-electron chi connectivity index (χ4n) is 7.39. The fourth-order valence-corrected chi connectivity index (χ4v) is 7.39. The number of hydrogen-bond donors (Lipinski definition) is 5. The first kappa shape index (κ1) is 23.3. The van der Waals surface area contributed by atoms with Crippen molar-refractivity contribution >= 4 is 11.6 Å². The molecular weight excluding hydrogens is 432 g/mol. The summed E-state index contributed by atoms with van der Waals surface area (Å²) in [5.74, 6) is -10.0. The van der Waals surface area contributed by atoms with Gasteiger partial charge in [-0.05, 0) is 53.2 Å². The molecule has 10 unspecified atom stereocenters. The van der Waals surface area contributed by atoms with Crippen molar-refractivity contribution in [2.24, 2.45) is 29.1 Å². The van der Waals surface area contributed by atoms with Crippen molar-refractivity contribution in [3.63, 3.8) is 0 Å². The van der Waals surface area contributed by atoms with Gasteiger partial charge in [0.15, 0.2) is 28.7 Å². The number of carbonyl (C=O) groups excluding carboxylic acids is 2. The lowest BCUT2D eigenvalue weighted by atomic mass is 9.54. The zero-order valence-corrected chi connectivity index (χ0v) is 19.6. The molecule has 33 heavy (non-hydrogen) atoms. The van der Waals surface area contributed by atoms with Crippen molar-refractivity contribution in [3.05, 3.63) is 23.8 Å². The molecule has 4 fully saturated rings. The van der Waals surface area contributed by atoms with Gasteiger partial charge < -0.3 is 35.0 Å². The molecule has 0 aromatic carbocycles. The molecular formula is C24H32O9. The molecule has 10 atom stereocenters. The van der Waals surface area contributed by atoms with Gasteiger partial charge in [0.05, 0.1) is 22.7 Å². The van der Waals surface area contributed by atoms with Crippen molar-refractivity contribution in [2.45, 2.75) is 82.1 Å². The maximum absolute atomic E-state index is 13.8. The van der Waals surface area contributed by atoms with Crippen LogP contribution >= 0.6 is 0 Å². The van der Waals surface area contributed by atoms with Crippen LogP contribution in [0.4, 0.5) is 0 Å². The lowest BCUT2D eigenvalue weighted by Crippen LogP contribution is -2.76. The van der Waals surface area contributed by atoms with Crippen LogP contribution < -0.4 is 0 Å². The van der Waals surface area contributed by atoms with E-state index in [0.717, 1.165) is 6.92 Å². The van der Waals surface area contributed by atoms with Gasteiger partial charge in [0.1, 0.15) is 6.10 Å². The number of Topliss-reactive ketones (excluding diaryl/α,β-unsaturated/α-hetero) is 2. The SMILES string of the molecule is CC1=CC2(O)OC3C4C5C(C(=O)C(C)(O)C(O)C5(O)OC3(C)C)C2(/C=C/C(C)(C)O)C4C1=O. The van der Waals surface area contributed by atoms with Crippen molar-refractivity contribution in [2.75, 3.05) is 0 Å². The van der Waals surface area contributed by atoms with E-state index in [2.05, 4.69) is 0 Å². The highest BCUT2D eigenvalue weighted by Gasteiger charge is 2.87. The van der Waals surface area contributed by atoms with Crippen LogP contribution in [0.25, 0.3) is 0 Å². The number of allylic oxidation sites excluding steroid dienone is 1. The standard InChI is InChI=1S/C24H32O9/c1-10-9-23(30)22(8-7-19(2,3)28)13(15(10)25)11-12-14(22)16(26)21(6,29)18(27)24(12,31)33-20(4,5)17(11)32-23/h7-9,11-14,17-18,27-31H,1-6H3/b8-7+. The molecule has 9 nitrogen and oxygen atoms in total. The first-order valence-corrected chi connectivity index (χ1v) is 11.3. The van der Waals surface area contributed by atoms with Crippen LogP contribution in [-0.4, -0.2) is 77.7 Å². The summed E-state index contributed by atoms with van der Waals surface area (Å²) in [4.78, 5) is 27.4. The summed E-state index contributed by atoms with van der Waals surface area (Å²) in [7, 11) is 0. The quantitative estimate of drug-likeness (QED) is 0.343. The van der Waals surface area contributed by atoms with Crippen molar-refractivity contribution < 1.29 is 44.6 Å². The minimum Gasteiger partial charge on any atom is -0.386 e. The van der Waals surface area contributed by atoms with E-state index in [1.165, 1.54) is 32.1 Å². The molecule has 5 aliphatic rings. The van der Waals surface area contributed by atoms with Crippen molar-refractivity contribution in [1.29, 1.82) is 0 Å². The molecule has 0 radical (unpaired) electrons. The number of aliphatic hydroxyl groups is 5. The predicted molar refractivity (Wildman–Crippen MR) is 112 cm³/mol. The van der Waals surface area contributed by atoms with Gasteiger partial charge in [0.2, 0.25) is 0 Å². The molecule has 9 heteroatoms.